The number of nitrogens with zero attached hydrogens (tertiary/aromatic N) is 2. The van der Waals surface area contributed by atoms with Crippen LogP contribution in [-0.2, 0) is 6.42 Å². The molecule has 18 heavy (non-hydrogen) atoms. The summed E-state index contributed by atoms with van der Waals surface area (Å²) in [5.74, 6) is 7.28. The first kappa shape index (κ1) is 10.9. The van der Waals surface area contributed by atoms with Crippen molar-refractivity contribution >= 4 is 6.08 Å². The van der Waals surface area contributed by atoms with Gasteiger partial charge in [0.15, 0.2) is 0 Å². The average molecular weight is 234 g/mol. The van der Waals surface area contributed by atoms with E-state index in [1.807, 2.05) is 25.1 Å². The molecular formula is C16H14N2. The van der Waals surface area contributed by atoms with Gasteiger partial charge in [0.1, 0.15) is 5.82 Å². The average Bonchev–Trinajstić information content (AvgIpc) is 2.66. The molecule has 0 saturated heterocycles. The molecule has 1 heterocycles. The summed E-state index contributed by atoms with van der Waals surface area (Å²) in [5, 5.41) is 0. The van der Waals surface area contributed by atoms with Crippen molar-refractivity contribution in [2.24, 2.45) is 0 Å². The normalized spacial score (nSPS) is 14.9. The molecule has 0 amide bonds. The highest BCUT2D eigenvalue weighted by molar-refractivity contribution is 5.55. The first-order valence-electron chi connectivity index (χ1n) is 6.12. The van der Waals surface area contributed by atoms with E-state index < -0.39 is 0 Å². The number of imidazole rings is 1. The third-order valence-corrected chi connectivity index (χ3v) is 3.05. The van der Waals surface area contributed by atoms with Crippen LogP contribution in [0.5, 0.6) is 0 Å². The molecule has 1 aromatic heterocycles. The van der Waals surface area contributed by atoms with E-state index in [2.05, 4.69) is 45.7 Å². The van der Waals surface area contributed by atoms with Gasteiger partial charge in [0.05, 0.1) is 17.8 Å². The van der Waals surface area contributed by atoms with Crippen molar-refractivity contribution in [3.05, 3.63) is 53.6 Å². The number of hydrogen-bond donors (Lipinski definition) is 0. The third-order valence-electron chi connectivity index (χ3n) is 3.05. The predicted molar refractivity (Wildman–Crippen MR) is 73.4 cm³/mol. The van der Waals surface area contributed by atoms with Crippen molar-refractivity contribution < 1.29 is 0 Å². The fourth-order valence-corrected chi connectivity index (χ4v) is 2.26. The van der Waals surface area contributed by atoms with Crippen molar-refractivity contribution in [2.45, 2.75) is 19.8 Å². The molecule has 3 rings (SSSR count). The zero-order valence-electron chi connectivity index (χ0n) is 10.4. The highest BCUT2D eigenvalue weighted by Crippen LogP contribution is 2.21. The number of aromatic nitrogens is 2. The Labute approximate surface area is 107 Å². The van der Waals surface area contributed by atoms with Crippen molar-refractivity contribution in [1.29, 1.82) is 0 Å². The summed E-state index contributed by atoms with van der Waals surface area (Å²) in [5.41, 5.74) is 3.38. The molecule has 0 unspecified atom stereocenters. The van der Waals surface area contributed by atoms with Crippen LogP contribution in [0.25, 0.3) is 11.8 Å². The van der Waals surface area contributed by atoms with Gasteiger partial charge in [-0.3, -0.25) is 4.57 Å². The van der Waals surface area contributed by atoms with Gasteiger partial charge in [0.25, 0.3) is 0 Å². The maximum Gasteiger partial charge on any atom is 0.110 e. The van der Waals surface area contributed by atoms with Crippen LogP contribution in [0.1, 0.15) is 23.6 Å². The van der Waals surface area contributed by atoms with E-state index in [0.29, 0.717) is 0 Å². The highest BCUT2D eigenvalue weighted by Gasteiger charge is 2.13. The summed E-state index contributed by atoms with van der Waals surface area (Å²) in [4.78, 5) is 4.64. The summed E-state index contributed by atoms with van der Waals surface area (Å²) in [6.07, 6.45) is 5.79. The van der Waals surface area contributed by atoms with Crippen LogP contribution in [0.2, 0.25) is 0 Å². The molecule has 0 radical (unpaired) electrons. The summed E-state index contributed by atoms with van der Waals surface area (Å²) < 4.78 is 2.19. The van der Waals surface area contributed by atoms with E-state index >= 15 is 0 Å². The second-order valence-corrected chi connectivity index (χ2v) is 4.30. The van der Waals surface area contributed by atoms with E-state index in [1.165, 1.54) is 0 Å². The number of fused-ring (bicyclic) bond motifs is 1. The summed E-state index contributed by atoms with van der Waals surface area (Å²) >= 11 is 0. The molecular weight excluding hydrogens is 220 g/mol. The number of allylic oxidation sites excluding steroid dienone is 1. The molecule has 2 aromatic rings. The van der Waals surface area contributed by atoms with E-state index in [0.717, 1.165) is 35.7 Å². The van der Waals surface area contributed by atoms with Crippen molar-refractivity contribution in [3.8, 4) is 17.5 Å². The molecule has 0 spiro atoms. The molecule has 0 atom stereocenters. The Hall–Kier alpha value is -2.27. The van der Waals surface area contributed by atoms with Crippen molar-refractivity contribution in [3.63, 3.8) is 0 Å². The molecule has 1 aliphatic carbocycles. The summed E-state index contributed by atoms with van der Waals surface area (Å²) in [6, 6.07) is 10.3. The Balaban J connectivity index is 2.20. The van der Waals surface area contributed by atoms with E-state index in [9.17, 15) is 0 Å². The van der Waals surface area contributed by atoms with E-state index in [-0.39, 0.29) is 0 Å². The Bertz CT molecular complexity index is 652. The molecule has 1 aromatic carbocycles. The first-order chi connectivity index (χ1) is 8.86. The van der Waals surface area contributed by atoms with Gasteiger partial charge >= 0.3 is 0 Å². The van der Waals surface area contributed by atoms with Crippen LogP contribution >= 0.6 is 0 Å². The highest BCUT2D eigenvalue weighted by atomic mass is 15.1. The maximum atomic E-state index is 4.64. The minimum atomic E-state index is 0.736. The zero-order chi connectivity index (χ0) is 12.4. The largest absolute Gasteiger partial charge is 0.297 e. The molecule has 1 aliphatic rings. The lowest BCUT2D eigenvalue weighted by Gasteiger charge is -2.08. The molecule has 2 nitrogen and oxygen atoms in total. The van der Waals surface area contributed by atoms with Gasteiger partial charge in [0.2, 0.25) is 0 Å². The molecule has 0 N–H and O–H groups in total. The van der Waals surface area contributed by atoms with Gasteiger partial charge < -0.3 is 0 Å². The predicted octanol–water partition coefficient (Wildman–Crippen LogP) is 3.14. The molecule has 0 bridgehead atoms. The van der Waals surface area contributed by atoms with Gasteiger partial charge in [-0.05, 0) is 25.1 Å². The van der Waals surface area contributed by atoms with Crippen LogP contribution in [-0.4, -0.2) is 9.55 Å². The van der Waals surface area contributed by atoms with Gasteiger partial charge in [-0.1, -0.05) is 36.1 Å². The molecule has 0 fully saturated rings. The van der Waals surface area contributed by atoms with Crippen molar-refractivity contribution in [1.82, 2.24) is 9.55 Å². The number of para-hydroxylation sites is 1. The molecule has 0 saturated carbocycles. The second kappa shape index (κ2) is 4.54. The Kier molecular flexibility index (Phi) is 2.74. The van der Waals surface area contributed by atoms with Crippen LogP contribution in [0.15, 0.2) is 36.4 Å². The van der Waals surface area contributed by atoms with Crippen LogP contribution in [0.4, 0.5) is 0 Å². The van der Waals surface area contributed by atoms with Gasteiger partial charge in [-0.15, -0.1) is 0 Å². The minimum absolute atomic E-state index is 0.736. The first-order valence-corrected chi connectivity index (χ1v) is 6.12. The number of rotatable bonds is 1. The molecule has 88 valence electrons. The van der Waals surface area contributed by atoms with Gasteiger partial charge in [-0.2, -0.15) is 0 Å². The smallest absolute Gasteiger partial charge is 0.110 e. The van der Waals surface area contributed by atoms with Crippen molar-refractivity contribution in [2.75, 3.05) is 0 Å². The summed E-state index contributed by atoms with van der Waals surface area (Å²) in [7, 11) is 0. The fraction of sp³-hybridized carbons (Fsp3) is 0.188. The number of hydrogen-bond acceptors (Lipinski definition) is 1. The van der Waals surface area contributed by atoms with Gasteiger partial charge in [-0.25, -0.2) is 4.98 Å². The Morgan fingerprint density at radius 3 is 2.83 bits per heavy atom. The lowest BCUT2D eigenvalue weighted by molar-refractivity contribution is 0.965. The fourth-order valence-electron chi connectivity index (χ4n) is 2.26. The van der Waals surface area contributed by atoms with E-state index in [1.54, 1.807) is 0 Å². The zero-order valence-corrected chi connectivity index (χ0v) is 10.4. The Morgan fingerprint density at radius 2 is 2.00 bits per heavy atom. The molecule has 2 heteroatoms. The lowest BCUT2D eigenvalue weighted by atomic mass is 10.2. The maximum absolute atomic E-state index is 4.64. The third kappa shape index (κ3) is 1.84. The molecule has 0 aliphatic heterocycles. The second-order valence-electron chi connectivity index (χ2n) is 4.30. The topological polar surface area (TPSA) is 17.8 Å². The standard InChI is InChI=1S/C16H14N2/c1-13-17-15-11-7-2-3-8-12-16(15)18(13)14-9-5-4-6-10-14/h4-6,8-10,12H,3,11H2,1H3/b12-8-. The Morgan fingerprint density at radius 1 is 1.17 bits per heavy atom. The van der Waals surface area contributed by atoms with Gasteiger partial charge in [0, 0.05) is 12.1 Å². The number of benzene rings is 1. The quantitative estimate of drug-likeness (QED) is 0.693. The van der Waals surface area contributed by atoms with E-state index in [4.69, 9.17) is 0 Å². The van der Waals surface area contributed by atoms with Crippen LogP contribution in [0.3, 0.4) is 0 Å². The van der Waals surface area contributed by atoms with Crippen LogP contribution in [0, 0.1) is 18.8 Å². The summed E-state index contributed by atoms with van der Waals surface area (Å²) in [6.45, 7) is 2.04. The monoisotopic (exact) mass is 234 g/mol. The van der Waals surface area contributed by atoms with Crippen LogP contribution < -0.4 is 0 Å². The lowest BCUT2D eigenvalue weighted by Crippen LogP contribution is -2.00. The SMILES string of the molecule is Cc1nc2c(n1-c1ccccc1)/C=C\CC#CC2. The minimum Gasteiger partial charge on any atom is -0.297 e. The number of aryl methyl sites for hydroxylation is 1.